The zero-order chi connectivity index (χ0) is 15.4. The molecular formula is C14H14N2O5. The summed E-state index contributed by atoms with van der Waals surface area (Å²) in [5, 5.41) is 8.94. The van der Waals surface area contributed by atoms with Crippen LogP contribution in [0.3, 0.4) is 0 Å². The Kier molecular flexibility index (Phi) is 4.22. The summed E-state index contributed by atoms with van der Waals surface area (Å²) in [6.45, 7) is 1.85. The highest BCUT2D eigenvalue weighted by molar-refractivity contribution is 5.88. The van der Waals surface area contributed by atoms with E-state index in [4.69, 9.17) is 14.6 Å². The maximum atomic E-state index is 11.5. The van der Waals surface area contributed by atoms with Gasteiger partial charge < -0.3 is 19.6 Å². The van der Waals surface area contributed by atoms with Crippen molar-refractivity contribution in [1.29, 1.82) is 0 Å². The molecule has 0 radical (unpaired) electrons. The van der Waals surface area contributed by atoms with Crippen molar-refractivity contribution in [3.63, 3.8) is 0 Å². The van der Waals surface area contributed by atoms with Crippen molar-refractivity contribution in [3.05, 3.63) is 46.0 Å². The Morgan fingerprint density at radius 3 is 2.71 bits per heavy atom. The summed E-state index contributed by atoms with van der Waals surface area (Å²) in [5.41, 5.74) is -0.245. The first-order valence-corrected chi connectivity index (χ1v) is 6.23. The van der Waals surface area contributed by atoms with E-state index in [9.17, 15) is 9.59 Å². The van der Waals surface area contributed by atoms with Crippen LogP contribution in [0.2, 0.25) is 0 Å². The second-order valence-electron chi connectivity index (χ2n) is 4.16. The average molecular weight is 290 g/mol. The van der Waals surface area contributed by atoms with Gasteiger partial charge in [0.15, 0.2) is 11.5 Å². The van der Waals surface area contributed by atoms with E-state index in [1.54, 1.807) is 0 Å². The number of nitrogens with one attached hydrogen (secondary N) is 1. The first kappa shape index (κ1) is 14.6. The number of carbonyl (C=O) groups is 1. The van der Waals surface area contributed by atoms with Gasteiger partial charge in [0.2, 0.25) is 5.88 Å². The Morgan fingerprint density at radius 1 is 1.33 bits per heavy atom. The molecule has 2 rings (SSSR count). The van der Waals surface area contributed by atoms with Gasteiger partial charge >= 0.3 is 5.97 Å². The Hall–Kier alpha value is -2.83. The Bertz CT molecular complexity index is 724. The zero-order valence-corrected chi connectivity index (χ0v) is 11.5. The van der Waals surface area contributed by atoms with Crippen molar-refractivity contribution >= 4 is 5.97 Å². The number of hydrogen-bond donors (Lipinski definition) is 2. The van der Waals surface area contributed by atoms with Gasteiger partial charge in [-0.3, -0.25) is 4.79 Å². The lowest BCUT2D eigenvalue weighted by Gasteiger charge is -2.10. The third kappa shape index (κ3) is 3.38. The van der Waals surface area contributed by atoms with Crippen molar-refractivity contribution in [2.75, 3.05) is 7.11 Å². The zero-order valence-electron chi connectivity index (χ0n) is 11.5. The van der Waals surface area contributed by atoms with Gasteiger partial charge in [0, 0.05) is 6.42 Å². The number of aromatic carboxylic acids is 1. The molecule has 0 amide bonds. The van der Waals surface area contributed by atoms with Gasteiger partial charge in [-0.05, 0) is 18.2 Å². The van der Waals surface area contributed by atoms with Crippen LogP contribution >= 0.6 is 0 Å². The number of aromatic amines is 1. The number of methoxy groups -OCH3 is 1. The summed E-state index contributed by atoms with van der Waals surface area (Å²) in [6.07, 6.45) is 0.557. The van der Waals surface area contributed by atoms with Crippen molar-refractivity contribution < 1.29 is 19.4 Å². The van der Waals surface area contributed by atoms with Crippen LogP contribution in [0.5, 0.6) is 17.4 Å². The van der Waals surface area contributed by atoms with Gasteiger partial charge in [0.25, 0.3) is 5.56 Å². The Balaban J connectivity index is 2.37. The van der Waals surface area contributed by atoms with E-state index in [2.05, 4.69) is 9.97 Å². The molecule has 0 spiro atoms. The number of H-pyrrole nitrogens is 1. The van der Waals surface area contributed by atoms with Crippen LogP contribution in [-0.2, 0) is 6.42 Å². The van der Waals surface area contributed by atoms with E-state index in [0.717, 1.165) is 0 Å². The highest BCUT2D eigenvalue weighted by atomic mass is 16.5. The van der Waals surface area contributed by atoms with Crippen LogP contribution in [0, 0.1) is 0 Å². The maximum Gasteiger partial charge on any atom is 0.335 e. The fraction of sp³-hybridized carbons (Fsp3) is 0.214. The molecule has 1 aromatic heterocycles. The second-order valence-corrected chi connectivity index (χ2v) is 4.16. The molecule has 0 aliphatic carbocycles. The van der Waals surface area contributed by atoms with Crippen molar-refractivity contribution in [1.82, 2.24) is 9.97 Å². The van der Waals surface area contributed by atoms with Crippen LogP contribution in [0.4, 0.5) is 0 Å². The maximum absolute atomic E-state index is 11.5. The summed E-state index contributed by atoms with van der Waals surface area (Å²) in [5.74, 6) is 0.0793. The molecule has 0 aliphatic rings. The molecule has 7 heteroatoms. The fourth-order valence-electron chi connectivity index (χ4n) is 1.70. The minimum absolute atomic E-state index is 0.0762. The molecule has 0 atom stereocenters. The van der Waals surface area contributed by atoms with E-state index in [1.165, 1.54) is 31.4 Å². The first-order chi connectivity index (χ1) is 10.0. The first-order valence-electron chi connectivity index (χ1n) is 6.23. The van der Waals surface area contributed by atoms with E-state index < -0.39 is 5.97 Å². The molecule has 0 unspecified atom stereocenters. The molecule has 0 aliphatic heterocycles. The molecule has 2 N–H and O–H groups in total. The molecule has 1 heterocycles. The lowest BCUT2D eigenvalue weighted by atomic mass is 10.2. The molecule has 21 heavy (non-hydrogen) atoms. The predicted molar refractivity (Wildman–Crippen MR) is 74.3 cm³/mol. The largest absolute Gasteiger partial charge is 0.493 e. The molecule has 0 bridgehead atoms. The van der Waals surface area contributed by atoms with Crippen molar-refractivity contribution in [2.24, 2.45) is 0 Å². The highest BCUT2D eigenvalue weighted by Gasteiger charge is 2.12. The minimum atomic E-state index is -1.07. The van der Waals surface area contributed by atoms with E-state index in [-0.39, 0.29) is 28.5 Å². The second kappa shape index (κ2) is 6.08. The molecule has 7 nitrogen and oxygen atoms in total. The number of carboxylic acids is 1. The number of aryl methyl sites for hydroxylation is 1. The van der Waals surface area contributed by atoms with Crippen LogP contribution in [0.25, 0.3) is 0 Å². The number of nitrogens with zero attached hydrogens (tertiary/aromatic N) is 1. The quantitative estimate of drug-likeness (QED) is 0.871. The minimum Gasteiger partial charge on any atom is -0.493 e. The SMILES string of the molecule is CCc1nc(Oc2ccc(C(=O)O)cc2OC)cc(=O)[nH]1. The van der Waals surface area contributed by atoms with E-state index in [1.807, 2.05) is 6.92 Å². The number of benzene rings is 1. The van der Waals surface area contributed by atoms with Crippen LogP contribution < -0.4 is 15.0 Å². The van der Waals surface area contributed by atoms with Crippen LogP contribution in [-0.4, -0.2) is 28.2 Å². The summed E-state index contributed by atoms with van der Waals surface area (Å²) in [7, 11) is 1.40. The molecule has 0 saturated carbocycles. The van der Waals surface area contributed by atoms with Crippen LogP contribution in [0.15, 0.2) is 29.1 Å². The number of aromatic nitrogens is 2. The normalized spacial score (nSPS) is 10.2. The topological polar surface area (TPSA) is 102 Å². The van der Waals surface area contributed by atoms with Gasteiger partial charge in [-0.15, -0.1) is 0 Å². The molecule has 110 valence electrons. The third-order valence-corrected chi connectivity index (χ3v) is 2.73. The van der Waals surface area contributed by atoms with Gasteiger partial charge in [0.1, 0.15) is 5.82 Å². The van der Waals surface area contributed by atoms with Crippen molar-refractivity contribution in [3.8, 4) is 17.4 Å². The third-order valence-electron chi connectivity index (χ3n) is 2.73. The molecular weight excluding hydrogens is 276 g/mol. The monoisotopic (exact) mass is 290 g/mol. The summed E-state index contributed by atoms with van der Waals surface area (Å²) in [6, 6.07) is 5.39. The summed E-state index contributed by atoms with van der Waals surface area (Å²) < 4.78 is 10.6. The molecule has 2 aromatic rings. The smallest absolute Gasteiger partial charge is 0.335 e. The lowest BCUT2D eigenvalue weighted by molar-refractivity contribution is 0.0696. The standard InChI is InChI=1S/C14H14N2O5/c1-3-11-15-12(17)7-13(16-11)21-9-5-4-8(14(18)19)6-10(9)20-2/h4-7H,3H2,1-2H3,(H,18,19)(H,15,16,17). The molecule has 1 aromatic carbocycles. The van der Waals surface area contributed by atoms with Gasteiger partial charge in [-0.25, -0.2) is 4.79 Å². The van der Waals surface area contributed by atoms with Gasteiger partial charge in [-0.2, -0.15) is 4.98 Å². The average Bonchev–Trinajstić information content (AvgIpc) is 2.46. The Labute approximate surface area is 120 Å². The lowest BCUT2D eigenvalue weighted by Crippen LogP contribution is -2.10. The number of rotatable bonds is 5. The van der Waals surface area contributed by atoms with Gasteiger partial charge in [-0.1, -0.05) is 6.92 Å². The van der Waals surface area contributed by atoms with Gasteiger partial charge in [0.05, 0.1) is 18.7 Å². The number of hydrogen-bond acceptors (Lipinski definition) is 5. The number of carboxylic acid groups (broad SMARTS) is 1. The Morgan fingerprint density at radius 2 is 2.10 bits per heavy atom. The summed E-state index contributed by atoms with van der Waals surface area (Å²) in [4.78, 5) is 29.1. The highest BCUT2D eigenvalue weighted by Crippen LogP contribution is 2.31. The van der Waals surface area contributed by atoms with E-state index >= 15 is 0 Å². The summed E-state index contributed by atoms with van der Waals surface area (Å²) >= 11 is 0. The molecule has 0 saturated heterocycles. The predicted octanol–water partition coefficient (Wildman–Crippen LogP) is 1.83. The number of ether oxygens (including phenoxy) is 2. The van der Waals surface area contributed by atoms with Crippen molar-refractivity contribution in [2.45, 2.75) is 13.3 Å². The van der Waals surface area contributed by atoms with E-state index in [0.29, 0.717) is 12.2 Å². The van der Waals surface area contributed by atoms with Crippen LogP contribution in [0.1, 0.15) is 23.1 Å². The fourth-order valence-corrected chi connectivity index (χ4v) is 1.70. The molecule has 0 fully saturated rings.